The molecular weight excluding hydrogens is 514 g/mol. The van der Waals surface area contributed by atoms with Gasteiger partial charge in [0.25, 0.3) is 15.9 Å². The molecule has 7 nitrogen and oxygen atoms in total. The van der Waals surface area contributed by atoms with E-state index in [1.807, 2.05) is 32.0 Å². The SMILES string of the molecule is Cc1cccc(C)c1NS(=O)(=O)c1ccc(NC(=S)NC(=O)c2ccc(O)c(Br)c2)cc1. The number of carbonyl (C=O) groups is 1. The van der Waals surface area contributed by atoms with Gasteiger partial charge in [0.1, 0.15) is 5.75 Å². The van der Waals surface area contributed by atoms with E-state index in [4.69, 9.17) is 12.2 Å². The molecule has 3 aromatic rings. The number of benzene rings is 3. The van der Waals surface area contributed by atoms with E-state index in [0.717, 1.165) is 11.1 Å². The topological polar surface area (TPSA) is 108 Å². The predicted octanol–water partition coefficient (Wildman–Crippen LogP) is 4.70. The second-order valence-electron chi connectivity index (χ2n) is 6.97. The summed E-state index contributed by atoms with van der Waals surface area (Å²) in [4.78, 5) is 12.4. The Morgan fingerprint density at radius 2 is 1.62 bits per heavy atom. The van der Waals surface area contributed by atoms with Crippen molar-refractivity contribution in [2.75, 3.05) is 10.0 Å². The number of aryl methyl sites for hydroxylation is 2. The zero-order chi connectivity index (χ0) is 23.5. The van der Waals surface area contributed by atoms with Gasteiger partial charge in [0.05, 0.1) is 15.1 Å². The number of sulfonamides is 1. The lowest BCUT2D eigenvalue weighted by Gasteiger charge is -2.14. The van der Waals surface area contributed by atoms with Crippen molar-refractivity contribution in [3.8, 4) is 5.75 Å². The third kappa shape index (κ3) is 5.64. The predicted molar refractivity (Wildman–Crippen MR) is 133 cm³/mol. The normalized spacial score (nSPS) is 11.0. The van der Waals surface area contributed by atoms with Crippen molar-refractivity contribution < 1.29 is 18.3 Å². The lowest BCUT2D eigenvalue weighted by molar-refractivity contribution is 0.0977. The van der Waals surface area contributed by atoms with Crippen molar-refractivity contribution in [1.29, 1.82) is 0 Å². The van der Waals surface area contributed by atoms with Crippen LogP contribution in [0.2, 0.25) is 0 Å². The maximum atomic E-state index is 12.8. The summed E-state index contributed by atoms with van der Waals surface area (Å²) in [6.07, 6.45) is 0. The summed E-state index contributed by atoms with van der Waals surface area (Å²) in [7, 11) is -3.77. The molecule has 0 aliphatic carbocycles. The number of aromatic hydroxyl groups is 1. The Balaban J connectivity index is 1.66. The molecule has 0 unspecified atom stereocenters. The van der Waals surface area contributed by atoms with E-state index in [-0.39, 0.29) is 15.8 Å². The quantitative estimate of drug-likeness (QED) is 0.354. The van der Waals surface area contributed by atoms with Crippen LogP contribution in [0.5, 0.6) is 5.75 Å². The third-order valence-corrected chi connectivity index (χ3v) is 6.78. The molecule has 1 amide bonds. The summed E-state index contributed by atoms with van der Waals surface area (Å²) in [5.74, 6) is -0.440. The van der Waals surface area contributed by atoms with Crippen molar-refractivity contribution in [2.24, 2.45) is 0 Å². The summed E-state index contributed by atoms with van der Waals surface area (Å²) in [5.41, 5.74) is 3.02. The summed E-state index contributed by atoms with van der Waals surface area (Å²) in [6, 6.07) is 15.8. The van der Waals surface area contributed by atoms with Crippen molar-refractivity contribution in [2.45, 2.75) is 18.7 Å². The first kappa shape index (κ1) is 23.7. The van der Waals surface area contributed by atoms with Crippen molar-refractivity contribution >= 4 is 60.6 Å². The van der Waals surface area contributed by atoms with Gasteiger partial charge in [-0.3, -0.25) is 14.8 Å². The minimum atomic E-state index is -3.77. The fraction of sp³-hybridized carbons (Fsp3) is 0.0909. The van der Waals surface area contributed by atoms with E-state index >= 15 is 0 Å². The van der Waals surface area contributed by atoms with Crippen LogP contribution in [0.25, 0.3) is 0 Å². The molecule has 0 heterocycles. The van der Waals surface area contributed by atoms with Gasteiger partial charge in [0.2, 0.25) is 0 Å². The van der Waals surface area contributed by atoms with Gasteiger partial charge in [-0.05, 0) is 95.6 Å². The highest BCUT2D eigenvalue weighted by Gasteiger charge is 2.17. The largest absolute Gasteiger partial charge is 0.507 e. The fourth-order valence-corrected chi connectivity index (χ4v) is 4.66. The minimum Gasteiger partial charge on any atom is -0.507 e. The van der Waals surface area contributed by atoms with Gasteiger partial charge in [-0.15, -0.1) is 0 Å². The highest BCUT2D eigenvalue weighted by Crippen LogP contribution is 2.25. The van der Waals surface area contributed by atoms with E-state index in [1.165, 1.54) is 30.3 Å². The van der Waals surface area contributed by atoms with Crippen LogP contribution in [0, 0.1) is 13.8 Å². The summed E-state index contributed by atoms with van der Waals surface area (Å²) in [5, 5.41) is 14.9. The van der Waals surface area contributed by atoms with Gasteiger partial charge >= 0.3 is 0 Å². The number of amides is 1. The van der Waals surface area contributed by atoms with E-state index < -0.39 is 15.9 Å². The summed E-state index contributed by atoms with van der Waals surface area (Å²) in [6.45, 7) is 3.67. The van der Waals surface area contributed by atoms with E-state index in [0.29, 0.717) is 21.4 Å². The molecule has 3 rings (SSSR count). The molecule has 3 aromatic carbocycles. The monoisotopic (exact) mass is 533 g/mol. The van der Waals surface area contributed by atoms with Crippen LogP contribution in [0.3, 0.4) is 0 Å². The average molecular weight is 534 g/mol. The number of anilines is 2. The molecule has 0 aromatic heterocycles. The van der Waals surface area contributed by atoms with Gasteiger partial charge in [0.15, 0.2) is 5.11 Å². The lowest BCUT2D eigenvalue weighted by atomic mass is 10.1. The molecule has 0 bridgehead atoms. The Labute approximate surface area is 200 Å². The number of thiocarbonyl (C=S) groups is 1. The standard InChI is InChI=1S/C22H20BrN3O4S2/c1-13-4-3-5-14(2)20(13)26-32(29,30)17-9-7-16(8-10-17)24-22(31)25-21(28)15-6-11-19(27)18(23)12-15/h3-12,26-27H,1-2H3,(H2,24,25,28,31). The van der Waals surface area contributed by atoms with Crippen molar-refractivity contribution in [3.63, 3.8) is 0 Å². The first-order valence-corrected chi connectivity index (χ1v) is 12.1. The molecular formula is C22H20BrN3O4S2. The van der Waals surface area contributed by atoms with Gasteiger partial charge in [-0.1, -0.05) is 18.2 Å². The number of nitrogens with one attached hydrogen (secondary N) is 3. The Kier molecular flexibility index (Phi) is 7.17. The van der Waals surface area contributed by atoms with E-state index in [9.17, 15) is 18.3 Å². The molecule has 32 heavy (non-hydrogen) atoms. The summed E-state index contributed by atoms with van der Waals surface area (Å²) < 4.78 is 28.5. The average Bonchev–Trinajstić information content (AvgIpc) is 2.73. The zero-order valence-corrected chi connectivity index (χ0v) is 20.4. The number of halogens is 1. The van der Waals surface area contributed by atoms with Crippen LogP contribution in [0.4, 0.5) is 11.4 Å². The Morgan fingerprint density at radius 3 is 2.22 bits per heavy atom. The second-order valence-corrected chi connectivity index (χ2v) is 9.92. The maximum Gasteiger partial charge on any atom is 0.261 e. The minimum absolute atomic E-state index is 0.0179. The first-order valence-electron chi connectivity index (χ1n) is 9.37. The van der Waals surface area contributed by atoms with Gasteiger partial charge in [-0.25, -0.2) is 8.42 Å². The number of carbonyl (C=O) groups excluding carboxylic acids is 1. The number of phenolic OH excluding ortho intramolecular Hbond substituents is 1. The molecule has 0 aliphatic heterocycles. The summed E-state index contributed by atoms with van der Waals surface area (Å²) >= 11 is 8.31. The van der Waals surface area contributed by atoms with Crippen molar-refractivity contribution in [3.05, 3.63) is 81.8 Å². The number of para-hydroxylation sites is 1. The van der Waals surface area contributed by atoms with Crippen LogP contribution in [-0.2, 0) is 10.0 Å². The van der Waals surface area contributed by atoms with Gasteiger partial charge in [0, 0.05) is 11.3 Å². The second kappa shape index (κ2) is 9.68. The van der Waals surface area contributed by atoms with E-state index in [1.54, 1.807) is 12.1 Å². The molecule has 166 valence electrons. The van der Waals surface area contributed by atoms with E-state index in [2.05, 4.69) is 31.3 Å². The molecule has 10 heteroatoms. The number of hydrogen-bond acceptors (Lipinski definition) is 5. The fourth-order valence-electron chi connectivity index (χ4n) is 2.87. The molecule has 0 radical (unpaired) electrons. The maximum absolute atomic E-state index is 12.8. The van der Waals surface area contributed by atoms with Gasteiger partial charge in [-0.2, -0.15) is 0 Å². The van der Waals surface area contributed by atoms with Crippen LogP contribution in [0.15, 0.2) is 70.0 Å². The Morgan fingerprint density at radius 1 is 1.00 bits per heavy atom. The van der Waals surface area contributed by atoms with Crippen LogP contribution < -0.4 is 15.4 Å². The number of hydrogen-bond donors (Lipinski definition) is 4. The molecule has 0 atom stereocenters. The Hall–Kier alpha value is -2.95. The number of phenols is 1. The van der Waals surface area contributed by atoms with Crippen molar-refractivity contribution in [1.82, 2.24) is 5.32 Å². The van der Waals surface area contributed by atoms with Crippen LogP contribution in [0.1, 0.15) is 21.5 Å². The smallest absolute Gasteiger partial charge is 0.261 e. The highest BCUT2D eigenvalue weighted by molar-refractivity contribution is 9.10. The third-order valence-electron chi connectivity index (χ3n) is 4.58. The highest BCUT2D eigenvalue weighted by atomic mass is 79.9. The molecule has 0 spiro atoms. The van der Waals surface area contributed by atoms with Crippen LogP contribution >= 0.6 is 28.1 Å². The lowest BCUT2D eigenvalue weighted by Crippen LogP contribution is -2.34. The zero-order valence-electron chi connectivity index (χ0n) is 17.1. The van der Waals surface area contributed by atoms with Gasteiger partial charge < -0.3 is 10.4 Å². The molecule has 0 saturated heterocycles. The molecule has 0 fully saturated rings. The molecule has 0 saturated carbocycles. The molecule has 4 N–H and O–H groups in total. The van der Waals surface area contributed by atoms with Crippen LogP contribution in [-0.4, -0.2) is 24.5 Å². The number of rotatable bonds is 5. The molecule has 0 aliphatic rings. The Bertz CT molecular complexity index is 1270. The first-order chi connectivity index (χ1) is 15.1.